The van der Waals surface area contributed by atoms with Crippen molar-refractivity contribution in [1.29, 1.82) is 0 Å². The monoisotopic (exact) mass is 421 g/mol. The first-order valence-corrected chi connectivity index (χ1v) is 10.1. The number of aromatic hydroxyl groups is 1. The summed E-state index contributed by atoms with van der Waals surface area (Å²) in [6.45, 7) is 1.77. The van der Waals surface area contributed by atoms with E-state index in [1.54, 1.807) is 30.2 Å². The molecule has 4 rings (SSSR count). The molecule has 0 radical (unpaired) electrons. The zero-order chi connectivity index (χ0) is 22.1. The number of ether oxygens (including phenoxy) is 1. The lowest BCUT2D eigenvalue weighted by atomic mass is 10.1. The number of phenolic OH excluding ortho intramolecular Hbond substituents is 1. The second-order valence-corrected chi connectivity index (χ2v) is 7.55. The fourth-order valence-corrected chi connectivity index (χ4v) is 3.86. The van der Waals surface area contributed by atoms with Gasteiger partial charge in [-0.2, -0.15) is 0 Å². The Balaban J connectivity index is 1.61. The van der Waals surface area contributed by atoms with Crippen molar-refractivity contribution in [3.05, 3.63) is 41.5 Å². The largest absolute Gasteiger partial charge is 0.504 e. The van der Waals surface area contributed by atoms with Crippen molar-refractivity contribution in [3.63, 3.8) is 0 Å². The summed E-state index contributed by atoms with van der Waals surface area (Å²) in [4.78, 5) is 43.1. The molecule has 0 fully saturated rings. The van der Waals surface area contributed by atoms with E-state index in [2.05, 4.69) is 10.3 Å². The number of benzene rings is 2. The van der Waals surface area contributed by atoms with Gasteiger partial charge < -0.3 is 15.2 Å². The van der Waals surface area contributed by atoms with Crippen LogP contribution in [0.2, 0.25) is 0 Å². The zero-order valence-corrected chi connectivity index (χ0v) is 17.3. The van der Waals surface area contributed by atoms with E-state index in [0.29, 0.717) is 35.5 Å². The van der Waals surface area contributed by atoms with E-state index in [9.17, 15) is 19.5 Å². The first-order valence-electron chi connectivity index (χ1n) is 10.1. The average molecular weight is 421 g/mol. The molecular weight excluding hydrogens is 398 g/mol. The van der Waals surface area contributed by atoms with Gasteiger partial charge in [0.15, 0.2) is 11.5 Å². The summed E-state index contributed by atoms with van der Waals surface area (Å²) < 4.78 is 5.15. The molecule has 2 aliphatic rings. The van der Waals surface area contributed by atoms with E-state index in [1.807, 2.05) is 6.07 Å². The smallest absolute Gasteiger partial charge is 0.261 e. The van der Waals surface area contributed by atoms with Crippen LogP contribution in [-0.4, -0.2) is 42.1 Å². The Bertz CT molecular complexity index is 1110. The number of nitrogens with zero attached hydrogens (tertiary/aromatic N) is 2. The van der Waals surface area contributed by atoms with Gasteiger partial charge in [-0.1, -0.05) is 13.0 Å². The number of aliphatic imine (C=N–C) groups is 1. The third-order valence-electron chi connectivity index (χ3n) is 5.55. The maximum atomic E-state index is 13.4. The van der Waals surface area contributed by atoms with Crippen molar-refractivity contribution in [2.24, 2.45) is 4.99 Å². The number of carbonyl (C=O) groups is 3. The molecule has 0 aromatic heterocycles. The number of fused-ring (bicyclic) bond motifs is 4. The van der Waals surface area contributed by atoms with Crippen molar-refractivity contribution in [2.45, 2.75) is 38.6 Å². The summed E-state index contributed by atoms with van der Waals surface area (Å²) in [6.07, 6.45) is 3.04. The van der Waals surface area contributed by atoms with Crippen LogP contribution in [-0.2, 0) is 16.0 Å². The highest BCUT2D eigenvalue weighted by molar-refractivity contribution is 6.15. The lowest BCUT2D eigenvalue weighted by Gasteiger charge is -2.22. The number of amides is 2. The Labute approximate surface area is 179 Å². The summed E-state index contributed by atoms with van der Waals surface area (Å²) in [6, 6.07) is 8.08. The molecule has 31 heavy (non-hydrogen) atoms. The van der Waals surface area contributed by atoms with Gasteiger partial charge in [0.05, 0.1) is 30.1 Å². The molecule has 2 aromatic carbocycles. The highest BCUT2D eigenvalue weighted by atomic mass is 16.5. The number of hydrogen-bond acceptors (Lipinski definition) is 6. The van der Waals surface area contributed by atoms with Gasteiger partial charge in [-0.05, 0) is 23.8 Å². The Hall–Kier alpha value is -3.68. The first-order chi connectivity index (χ1) is 14.9. The molecule has 8 nitrogen and oxygen atoms in total. The second-order valence-electron chi connectivity index (χ2n) is 7.55. The van der Waals surface area contributed by atoms with Gasteiger partial charge in [-0.15, -0.1) is 0 Å². The number of methoxy groups -OCH3 is 1. The first kappa shape index (κ1) is 20.6. The van der Waals surface area contributed by atoms with Gasteiger partial charge in [0.2, 0.25) is 5.91 Å². The summed E-state index contributed by atoms with van der Waals surface area (Å²) in [5, 5.41) is 12.8. The van der Waals surface area contributed by atoms with Gasteiger partial charge in [0.25, 0.3) is 5.91 Å². The van der Waals surface area contributed by atoms with Crippen molar-refractivity contribution in [2.75, 3.05) is 17.3 Å². The normalized spacial score (nSPS) is 16.3. The molecule has 2 N–H and O–H groups in total. The number of carbonyl (C=O) groups excluding carboxylic acids is 3. The van der Waals surface area contributed by atoms with Crippen LogP contribution in [0.4, 0.5) is 17.1 Å². The van der Waals surface area contributed by atoms with Crippen molar-refractivity contribution in [1.82, 2.24) is 0 Å². The van der Waals surface area contributed by atoms with Crippen LogP contribution in [0.1, 0.15) is 42.1 Å². The number of Topliss-reactive ketones (excluding diaryl/α,β-unsaturated/α-hetero) is 1. The summed E-state index contributed by atoms with van der Waals surface area (Å²) in [5.74, 6) is -0.346. The summed E-state index contributed by atoms with van der Waals surface area (Å²) in [5.41, 5.74) is 2.94. The molecule has 0 saturated heterocycles. The van der Waals surface area contributed by atoms with Crippen LogP contribution >= 0.6 is 0 Å². The van der Waals surface area contributed by atoms with Crippen molar-refractivity contribution >= 4 is 40.9 Å². The fraction of sp³-hybridized carbons (Fsp3) is 0.304. The number of nitrogens with one attached hydrogen (secondary N) is 1. The molecule has 8 heteroatoms. The molecule has 0 aliphatic carbocycles. The third kappa shape index (κ3) is 3.88. The summed E-state index contributed by atoms with van der Waals surface area (Å²) in [7, 11) is 1.42. The van der Waals surface area contributed by atoms with E-state index >= 15 is 0 Å². The number of hydrogen-bond donors (Lipinski definition) is 2. The molecule has 0 spiro atoms. The van der Waals surface area contributed by atoms with E-state index in [1.165, 1.54) is 19.2 Å². The van der Waals surface area contributed by atoms with E-state index in [-0.39, 0.29) is 48.0 Å². The molecule has 1 unspecified atom stereocenters. The Morgan fingerprint density at radius 2 is 2.06 bits per heavy atom. The van der Waals surface area contributed by atoms with Gasteiger partial charge in [-0.3, -0.25) is 24.3 Å². The number of rotatable bonds is 6. The number of phenols is 1. The Kier molecular flexibility index (Phi) is 5.46. The van der Waals surface area contributed by atoms with Gasteiger partial charge in [0.1, 0.15) is 5.78 Å². The Morgan fingerprint density at radius 1 is 1.26 bits per heavy atom. The number of anilines is 2. The molecule has 2 amide bonds. The van der Waals surface area contributed by atoms with Crippen LogP contribution in [0.15, 0.2) is 35.3 Å². The molecular formula is C23H23N3O5. The van der Waals surface area contributed by atoms with E-state index < -0.39 is 0 Å². The van der Waals surface area contributed by atoms with Gasteiger partial charge in [-0.25, -0.2) is 0 Å². The maximum Gasteiger partial charge on any atom is 0.261 e. The van der Waals surface area contributed by atoms with Gasteiger partial charge in [0, 0.05) is 43.7 Å². The molecule has 0 saturated carbocycles. The predicted molar refractivity (Wildman–Crippen MR) is 117 cm³/mol. The minimum atomic E-state index is -0.267. The van der Waals surface area contributed by atoms with Crippen LogP contribution in [0.5, 0.6) is 11.5 Å². The minimum Gasteiger partial charge on any atom is -0.504 e. The summed E-state index contributed by atoms with van der Waals surface area (Å²) >= 11 is 0. The standard InChI is InChI=1S/C23H23N3O5/c1-3-16(27)6-7-22(29)25-14-5-4-13-8-15-12-24-18-11-20(28)21(31-2)10-17(18)23(30)26(15)19(13)9-14/h4-5,9-12,15,28H,3,6-8H2,1-2H3,(H,25,29). The molecule has 2 heterocycles. The fourth-order valence-electron chi connectivity index (χ4n) is 3.86. The second kappa shape index (κ2) is 8.22. The van der Waals surface area contributed by atoms with Crippen molar-refractivity contribution < 1.29 is 24.2 Å². The quantitative estimate of drug-likeness (QED) is 0.743. The van der Waals surface area contributed by atoms with Gasteiger partial charge >= 0.3 is 0 Å². The third-order valence-corrected chi connectivity index (χ3v) is 5.55. The Morgan fingerprint density at radius 3 is 2.81 bits per heavy atom. The molecule has 2 aromatic rings. The highest BCUT2D eigenvalue weighted by Crippen LogP contribution is 2.41. The maximum absolute atomic E-state index is 13.4. The predicted octanol–water partition coefficient (Wildman–Crippen LogP) is 3.39. The highest BCUT2D eigenvalue weighted by Gasteiger charge is 2.36. The molecule has 160 valence electrons. The zero-order valence-electron chi connectivity index (χ0n) is 17.3. The van der Waals surface area contributed by atoms with Crippen LogP contribution in [0.25, 0.3) is 0 Å². The van der Waals surface area contributed by atoms with E-state index in [4.69, 9.17) is 4.74 Å². The molecule has 1 atom stereocenters. The molecule has 0 bridgehead atoms. The van der Waals surface area contributed by atoms with Crippen LogP contribution in [0, 0.1) is 0 Å². The SMILES string of the molecule is CCC(=O)CCC(=O)Nc1ccc2c(c1)N1C(=O)c3cc(OC)c(O)cc3N=CC1C2. The van der Waals surface area contributed by atoms with Crippen molar-refractivity contribution in [3.8, 4) is 11.5 Å². The minimum absolute atomic E-state index is 0.0431. The molecule has 2 aliphatic heterocycles. The van der Waals surface area contributed by atoms with Crippen LogP contribution < -0.4 is 15.0 Å². The van der Waals surface area contributed by atoms with Crippen LogP contribution in [0.3, 0.4) is 0 Å². The number of ketones is 1. The average Bonchev–Trinajstić information content (AvgIpc) is 3.06. The lowest BCUT2D eigenvalue weighted by molar-refractivity contribution is -0.122. The lowest BCUT2D eigenvalue weighted by Crippen LogP contribution is -2.37. The van der Waals surface area contributed by atoms with E-state index in [0.717, 1.165) is 5.56 Å². The topological polar surface area (TPSA) is 108 Å².